The Morgan fingerprint density at radius 2 is 1.95 bits per heavy atom. The number of nitrogens with zero attached hydrogens (tertiary/aromatic N) is 1. The molecule has 1 aliphatic heterocycles. The minimum absolute atomic E-state index is 0.680. The predicted octanol–water partition coefficient (Wildman–Crippen LogP) is 3.47. The third kappa shape index (κ3) is 4.31. The van der Waals surface area contributed by atoms with Gasteiger partial charge in [0.05, 0.1) is 0 Å². The first-order valence-electron chi connectivity index (χ1n) is 8.88. The Balaban J connectivity index is 1.59. The highest BCUT2D eigenvalue weighted by molar-refractivity contribution is 5.16. The Kier molecular flexibility index (Phi) is 5.32. The predicted molar refractivity (Wildman–Crippen MR) is 89.5 cm³/mol. The Morgan fingerprint density at radius 1 is 1.14 bits per heavy atom. The SMILES string of the molecule is CCCCCN1CC(C2CC2)NCC1Cc1ccccc1. The van der Waals surface area contributed by atoms with E-state index < -0.39 is 0 Å². The number of hydrogen-bond donors (Lipinski definition) is 1. The van der Waals surface area contributed by atoms with Crippen LogP contribution in [0.4, 0.5) is 0 Å². The first kappa shape index (κ1) is 15.1. The smallest absolute Gasteiger partial charge is 0.0261 e. The fraction of sp³-hybridized carbons (Fsp3) is 0.684. The molecule has 2 fully saturated rings. The van der Waals surface area contributed by atoms with Gasteiger partial charge in [-0.2, -0.15) is 0 Å². The zero-order chi connectivity index (χ0) is 14.5. The van der Waals surface area contributed by atoms with Crippen LogP contribution in [0.25, 0.3) is 0 Å². The normalized spacial score (nSPS) is 26.9. The maximum Gasteiger partial charge on any atom is 0.0261 e. The van der Waals surface area contributed by atoms with Crippen molar-refractivity contribution in [1.29, 1.82) is 0 Å². The van der Waals surface area contributed by atoms with Crippen LogP contribution in [0, 0.1) is 5.92 Å². The van der Waals surface area contributed by atoms with Crippen LogP contribution in [0.1, 0.15) is 44.6 Å². The van der Waals surface area contributed by atoms with Crippen LogP contribution in [0.5, 0.6) is 0 Å². The molecule has 1 aliphatic carbocycles. The molecule has 0 spiro atoms. The topological polar surface area (TPSA) is 15.3 Å². The molecule has 0 amide bonds. The molecular formula is C19H30N2. The largest absolute Gasteiger partial charge is 0.311 e. The molecule has 0 aromatic heterocycles. The van der Waals surface area contributed by atoms with Crippen molar-refractivity contribution in [3.63, 3.8) is 0 Å². The summed E-state index contributed by atoms with van der Waals surface area (Å²) in [6.07, 6.45) is 8.14. The standard InChI is InChI=1S/C19H30N2/c1-2-3-7-12-21-15-19(17-10-11-17)20-14-18(21)13-16-8-5-4-6-9-16/h4-6,8-9,17-20H,2-3,7,10-15H2,1H3. The summed E-state index contributed by atoms with van der Waals surface area (Å²) in [4.78, 5) is 2.78. The molecule has 1 N–H and O–H groups in total. The van der Waals surface area contributed by atoms with Crippen LogP contribution < -0.4 is 5.32 Å². The summed E-state index contributed by atoms with van der Waals surface area (Å²) in [6.45, 7) is 6.02. The summed E-state index contributed by atoms with van der Waals surface area (Å²) >= 11 is 0. The molecule has 116 valence electrons. The summed E-state index contributed by atoms with van der Waals surface area (Å²) in [5, 5.41) is 3.83. The number of hydrogen-bond acceptors (Lipinski definition) is 2. The number of nitrogens with one attached hydrogen (secondary N) is 1. The highest BCUT2D eigenvalue weighted by Gasteiger charge is 2.36. The first-order chi connectivity index (χ1) is 10.4. The lowest BCUT2D eigenvalue weighted by Crippen LogP contribution is -2.58. The molecule has 1 saturated carbocycles. The number of benzene rings is 1. The van der Waals surface area contributed by atoms with Gasteiger partial charge >= 0.3 is 0 Å². The minimum atomic E-state index is 0.680. The van der Waals surface area contributed by atoms with Crippen molar-refractivity contribution in [2.24, 2.45) is 5.92 Å². The molecule has 21 heavy (non-hydrogen) atoms. The average molecular weight is 286 g/mol. The van der Waals surface area contributed by atoms with Crippen molar-refractivity contribution < 1.29 is 0 Å². The summed E-state index contributed by atoms with van der Waals surface area (Å²) in [5.74, 6) is 0.969. The zero-order valence-corrected chi connectivity index (χ0v) is 13.4. The molecule has 3 rings (SSSR count). The highest BCUT2D eigenvalue weighted by atomic mass is 15.2. The summed E-state index contributed by atoms with van der Waals surface area (Å²) in [7, 11) is 0. The average Bonchev–Trinajstić information content (AvgIpc) is 3.35. The number of unbranched alkanes of at least 4 members (excludes halogenated alkanes) is 2. The monoisotopic (exact) mass is 286 g/mol. The quantitative estimate of drug-likeness (QED) is 0.772. The zero-order valence-electron chi connectivity index (χ0n) is 13.4. The van der Waals surface area contributed by atoms with E-state index in [9.17, 15) is 0 Å². The molecule has 1 heterocycles. The van der Waals surface area contributed by atoms with Gasteiger partial charge in [-0.05, 0) is 43.7 Å². The van der Waals surface area contributed by atoms with E-state index in [1.807, 2.05) is 0 Å². The van der Waals surface area contributed by atoms with Gasteiger partial charge in [-0.1, -0.05) is 50.1 Å². The number of rotatable bonds is 7. The van der Waals surface area contributed by atoms with Crippen molar-refractivity contribution in [3.8, 4) is 0 Å². The second-order valence-corrected chi connectivity index (χ2v) is 6.90. The molecule has 2 aliphatic rings. The Bertz CT molecular complexity index is 413. The van der Waals surface area contributed by atoms with Crippen molar-refractivity contribution >= 4 is 0 Å². The van der Waals surface area contributed by atoms with E-state index in [1.165, 1.54) is 63.7 Å². The van der Waals surface area contributed by atoms with Gasteiger partial charge in [-0.25, -0.2) is 0 Å². The van der Waals surface area contributed by atoms with Gasteiger partial charge in [0.25, 0.3) is 0 Å². The van der Waals surface area contributed by atoms with Crippen LogP contribution in [0.2, 0.25) is 0 Å². The van der Waals surface area contributed by atoms with Crippen LogP contribution in [-0.4, -0.2) is 36.6 Å². The van der Waals surface area contributed by atoms with Crippen molar-refractivity contribution in [2.45, 2.75) is 57.5 Å². The highest BCUT2D eigenvalue weighted by Crippen LogP contribution is 2.34. The van der Waals surface area contributed by atoms with Crippen LogP contribution in [0.3, 0.4) is 0 Å². The fourth-order valence-corrected chi connectivity index (χ4v) is 3.62. The molecule has 2 unspecified atom stereocenters. The van der Waals surface area contributed by atoms with Gasteiger partial charge in [0, 0.05) is 25.2 Å². The van der Waals surface area contributed by atoms with Crippen molar-refractivity contribution in [2.75, 3.05) is 19.6 Å². The van der Waals surface area contributed by atoms with Crippen molar-refractivity contribution in [3.05, 3.63) is 35.9 Å². The van der Waals surface area contributed by atoms with Crippen LogP contribution in [-0.2, 0) is 6.42 Å². The van der Waals surface area contributed by atoms with E-state index in [-0.39, 0.29) is 0 Å². The molecule has 0 radical (unpaired) electrons. The Hall–Kier alpha value is -0.860. The van der Waals surface area contributed by atoms with Crippen LogP contribution >= 0.6 is 0 Å². The lowest BCUT2D eigenvalue weighted by Gasteiger charge is -2.41. The van der Waals surface area contributed by atoms with Gasteiger partial charge < -0.3 is 5.32 Å². The Labute approximate surface area is 129 Å². The van der Waals surface area contributed by atoms with E-state index in [4.69, 9.17) is 0 Å². The molecule has 2 nitrogen and oxygen atoms in total. The maximum atomic E-state index is 3.83. The molecule has 1 aromatic rings. The van der Waals surface area contributed by atoms with Gasteiger partial charge in [-0.15, -0.1) is 0 Å². The molecule has 1 saturated heterocycles. The first-order valence-corrected chi connectivity index (χ1v) is 8.88. The number of piperazine rings is 1. The summed E-state index contributed by atoms with van der Waals surface area (Å²) in [5.41, 5.74) is 1.48. The van der Waals surface area contributed by atoms with Crippen LogP contribution in [0.15, 0.2) is 30.3 Å². The third-order valence-corrected chi connectivity index (χ3v) is 5.12. The van der Waals surface area contributed by atoms with Gasteiger partial charge in [0.2, 0.25) is 0 Å². The maximum absolute atomic E-state index is 3.83. The van der Waals surface area contributed by atoms with Gasteiger partial charge in [0.1, 0.15) is 0 Å². The molecule has 2 heteroatoms. The van der Waals surface area contributed by atoms with E-state index in [2.05, 4.69) is 47.5 Å². The van der Waals surface area contributed by atoms with E-state index in [0.29, 0.717) is 6.04 Å². The fourth-order valence-electron chi connectivity index (χ4n) is 3.62. The Morgan fingerprint density at radius 3 is 2.67 bits per heavy atom. The van der Waals surface area contributed by atoms with Gasteiger partial charge in [0.15, 0.2) is 0 Å². The summed E-state index contributed by atoms with van der Waals surface area (Å²) in [6, 6.07) is 12.4. The minimum Gasteiger partial charge on any atom is -0.311 e. The van der Waals surface area contributed by atoms with Crippen molar-refractivity contribution in [1.82, 2.24) is 10.2 Å². The van der Waals surface area contributed by atoms with E-state index in [0.717, 1.165) is 12.0 Å². The molecule has 1 aromatic carbocycles. The van der Waals surface area contributed by atoms with Gasteiger partial charge in [-0.3, -0.25) is 4.90 Å². The molecular weight excluding hydrogens is 256 g/mol. The lowest BCUT2D eigenvalue weighted by molar-refractivity contribution is 0.119. The summed E-state index contributed by atoms with van der Waals surface area (Å²) < 4.78 is 0. The molecule has 2 atom stereocenters. The van der Waals surface area contributed by atoms with E-state index >= 15 is 0 Å². The third-order valence-electron chi connectivity index (χ3n) is 5.12. The van der Waals surface area contributed by atoms with E-state index in [1.54, 1.807) is 0 Å². The lowest BCUT2D eigenvalue weighted by atomic mass is 9.99. The second kappa shape index (κ2) is 7.42. The second-order valence-electron chi connectivity index (χ2n) is 6.90. The molecule has 0 bridgehead atoms.